The fourth-order valence-electron chi connectivity index (χ4n) is 3.26. The van der Waals surface area contributed by atoms with Crippen molar-refractivity contribution in [2.75, 3.05) is 7.11 Å². The predicted octanol–water partition coefficient (Wildman–Crippen LogP) is 3.94. The van der Waals surface area contributed by atoms with Crippen molar-refractivity contribution in [3.05, 3.63) is 23.8 Å². The summed E-state index contributed by atoms with van der Waals surface area (Å²) in [5, 5.41) is 0.163. The first kappa shape index (κ1) is 12.2. The number of ether oxygens (including phenoxy) is 2. The monoisotopic (exact) mass is 266 g/mol. The highest BCUT2D eigenvalue weighted by Gasteiger charge is 2.40. The Morgan fingerprint density at radius 2 is 2.11 bits per heavy atom. The second-order valence-corrected chi connectivity index (χ2v) is 6.09. The minimum absolute atomic E-state index is 0.00768. The van der Waals surface area contributed by atoms with Crippen molar-refractivity contribution in [3.63, 3.8) is 0 Å². The van der Waals surface area contributed by atoms with E-state index in [0.717, 1.165) is 37.2 Å². The van der Waals surface area contributed by atoms with Crippen LogP contribution in [0.25, 0.3) is 0 Å². The Balaban J connectivity index is 1.96. The van der Waals surface area contributed by atoms with Crippen LogP contribution in [0.1, 0.15) is 37.7 Å². The number of fused-ring (bicyclic) bond motifs is 1. The van der Waals surface area contributed by atoms with E-state index in [-0.39, 0.29) is 11.0 Å². The zero-order valence-electron chi connectivity index (χ0n) is 10.7. The maximum atomic E-state index is 6.49. The highest BCUT2D eigenvalue weighted by atomic mass is 35.5. The molecule has 0 radical (unpaired) electrons. The molecular formula is C15H19ClO2. The summed E-state index contributed by atoms with van der Waals surface area (Å²) in [5.74, 6) is 1.88. The third-order valence-electron chi connectivity index (χ3n) is 4.14. The lowest BCUT2D eigenvalue weighted by atomic mass is 9.94. The fourth-order valence-corrected chi connectivity index (χ4v) is 3.70. The van der Waals surface area contributed by atoms with Gasteiger partial charge in [-0.15, -0.1) is 11.6 Å². The van der Waals surface area contributed by atoms with Crippen molar-refractivity contribution in [2.45, 2.75) is 49.5 Å². The summed E-state index contributed by atoms with van der Waals surface area (Å²) in [7, 11) is 1.69. The van der Waals surface area contributed by atoms with Crippen molar-refractivity contribution in [1.29, 1.82) is 0 Å². The van der Waals surface area contributed by atoms with Crippen molar-refractivity contribution in [3.8, 4) is 11.5 Å². The van der Waals surface area contributed by atoms with Crippen molar-refractivity contribution >= 4 is 11.6 Å². The smallest absolute Gasteiger partial charge is 0.123 e. The number of rotatable bonds is 1. The second kappa shape index (κ2) is 4.65. The molecular weight excluding hydrogens is 248 g/mol. The predicted molar refractivity (Wildman–Crippen MR) is 72.8 cm³/mol. The van der Waals surface area contributed by atoms with Gasteiger partial charge in [0.1, 0.15) is 17.1 Å². The van der Waals surface area contributed by atoms with Crippen LogP contribution in [0.4, 0.5) is 0 Å². The summed E-state index contributed by atoms with van der Waals surface area (Å²) in [6.45, 7) is 0. The van der Waals surface area contributed by atoms with E-state index in [1.165, 1.54) is 18.4 Å². The molecule has 18 heavy (non-hydrogen) atoms. The van der Waals surface area contributed by atoms with Gasteiger partial charge in [0.15, 0.2) is 0 Å². The third-order valence-corrected chi connectivity index (χ3v) is 4.45. The van der Waals surface area contributed by atoms with E-state index in [9.17, 15) is 0 Å². The topological polar surface area (TPSA) is 18.5 Å². The molecule has 1 aromatic carbocycles. The Morgan fingerprint density at radius 3 is 2.83 bits per heavy atom. The van der Waals surface area contributed by atoms with Crippen LogP contribution in [0.2, 0.25) is 0 Å². The van der Waals surface area contributed by atoms with Crippen LogP contribution in [-0.4, -0.2) is 18.1 Å². The summed E-state index contributed by atoms with van der Waals surface area (Å²) in [4.78, 5) is 0. The molecule has 2 nitrogen and oxygen atoms in total. The van der Waals surface area contributed by atoms with Gasteiger partial charge in [0.25, 0.3) is 0 Å². The van der Waals surface area contributed by atoms with Gasteiger partial charge in [0, 0.05) is 11.8 Å². The third kappa shape index (κ3) is 2.18. The first-order chi connectivity index (χ1) is 8.71. The first-order valence-electron chi connectivity index (χ1n) is 6.71. The van der Waals surface area contributed by atoms with E-state index in [0.29, 0.717) is 0 Å². The van der Waals surface area contributed by atoms with E-state index in [1.807, 2.05) is 12.1 Å². The van der Waals surface area contributed by atoms with Gasteiger partial charge in [-0.1, -0.05) is 0 Å². The number of methoxy groups -OCH3 is 1. The van der Waals surface area contributed by atoms with Gasteiger partial charge in [0.2, 0.25) is 0 Å². The van der Waals surface area contributed by atoms with E-state index in [1.54, 1.807) is 7.11 Å². The van der Waals surface area contributed by atoms with Crippen LogP contribution in [0, 0.1) is 0 Å². The number of benzene rings is 1. The van der Waals surface area contributed by atoms with Crippen LogP contribution in [0.5, 0.6) is 11.5 Å². The summed E-state index contributed by atoms with van der Waals surface area (Å²) >= 11 is 6.49. The number of halogens is 1. The minimum Gasteiger partial charge on any atom is -0.497 e. The van der Waals surface area contributed by atoms with E-state index < -0.39 is 0 Å². The lowest BCUT2D eigenvalue weighted by Gasteiger charge is -2.29. The molecule has 0 N–H and O–H groups in total. The summed E-state index contributed by atoms with van der Waals surface area (Å²) in [6, 6.07) is 6.05. The molecule has 1 aliphatic heterocycles. The first-order valence-corrected chi connectivity index (χ1v) is 7.14. The van der Waals surface area contributed by atoms with E-state index >= 15 is 0 Å². The van der Waals surface area contributed by atoms with Crippen molar-refractivity contribution in [2.24, 2.45) is 0 Å². The molecule has 0 bridgehead atoms. The summed E-state index contributed by atoms with van der Waals surface area (Å²) in [6.07, 6.45) is 6.63. The van der Waals surface area contributed by atoms with Gasteiger partial charge in [-0.05, 0) is 55.9 Å². The Kier molecular flexibility index (Phi) is 3.14. The fraction of sp³-hybridized carbons (Fsp3) is 0.600. The lowest BCUT2D eigenvalue weighted by molar-refractivity contribution is 0.0711. The summed E-state index contributed by atoms with van der Waals surface area (Å²) < 4.78 is 11.6. The molecule has 2 aliphatic rings. The summed E-state index contributed by atoms with van der Waals surface area (Å²) in [5.41, 5.74) is 1.17. The molecule has 1 unspecified atom stereocenters. The van der Waals surface area contributed by atoms with Crippen LogP contribution in [0.15, 0.2) is 18.2 Å². The van der Waals surface area contributed by atoms with Crippen molar-refractivity contribution < 1.29 is 9.47 Å². The van der Waals surface area contributed by atoms with Crippen LogP contribution >= 0.6 is 11.6 Å². The molecule has 0 amide bonds. The van der Waals surface area contributed by atoms with Gasteiger partial charge >= 0.3 is 0 Å². The highest BCUT2D eigenvalue weighted by molar-refractivity contribution is 6.20. The molecule has 1 heterocycles. The zero-order valence-corrected chi connectivity index (χ0v) is 11.5. The maximum Gasteiger partial charge on any atom is 0.123 e. The van der Waals surface area contributed by atoms with Crippen molar-refractivity contribution in [1.82, 2.24) is 0 Å². The molecule has 1 spiro atoms. The highest BCUT2D eigenvalue weighted by Crippen LogP contribution is 2.43. The van der Waals surface area contributed by atoms with E-state index in [2.05, 4.69) is 6.07 Å². The van der Waals surface area contributed by atoms with Gasteiger partial charge in [-0.25, -0.2) is 0 Å². The van der Waals surface area contributed by atoms with Crippen LogP contribution in [0.3, 0.4) is 0 Å². The van der Waals surface area contributed by atoms with Gasteiger partial charge < -0.3 is 9.47 Å². The molecule has 1 saturated carbocycles. The Morgan fingerprint density at radius 1 is 1.33 bits per heavy atom. The van der Waals surface area contributed by atoms with E-state index in [4.69, 9.17) is 21.1 Å². The molecule has 1 atom stereocenters. The van der Waals surface area contributed by atoms with Crippen LogP contribution < -0.4 is 9.47 Å². The number of hydrogen-bond acceptors (Lipinski definition) is 2. The largest absolute Gasteiger partial charge is 0.497 e. The van der Waals surface area contributed by atoms with Crippen LogP contribution in [-0.2, 0) is 6.42 Å². The van der Waals surface area contributed by atoms with Gasteiger partial charge in [-0.2, -0.15) is 0 Å². The second-order valence-electron chi connectivity index (χ2n) is 5.47. The molecule has 1 fully saturated rings. The molecule has 0 saturated heterocycles. The normalized spacial score (nSPS) is 25.3. The molecule has 0 aromatic heterocycles. The number of alkyl halides is 1. The minimum atomic E-state index is -0.00768. The average Bonchev–Trinajstić information content (AvgIpc) is 2.73. The van der Waals surface area contributed by atoms with Gasteiger partial charge in [0.05, 0.1) is 7.11 Å². The quantitative estimate of drug-likeness (QED) is 0.717. The Bertz CT molecular complexity index is 438. The Hall–Kier alpha value is -0.890. The zero-order chi connectivity index (χ0) is 12.6. The maximum absolute atomic E-state index is 6.49. The average molecular weight is 267 g/mol. The Labute approximate surface area is 113 Å². The molecule has 98 valence electrons. The molecule has 1 aromatic rings. The molecule has 1 aliphatic carbocycles. The molecule has 3 rings (SSSR count). The molecule has 3 heteroatoms. The number of hydrogen-bond donors (Lipinski definition) is 0. The van der Waals surface area contributed by atoms with Gasteiger partial charge in [-0.3, -0.25) is 0 Å². The SMILES string of the molecule is COc1ccc2c(c1)CC(Cl)CC1(CCCC1)O2. The lowest BCUT2D eigenvalue weighted by Crippen LogP contribution is -2.34. The standard InChI is InChI=1S/C15H19ClO2/c1-17-13-4-5-14-11(9-13)8-12(16)10-15(18-14)6-2-3-7-15/h4-5,9,12H,2-3,6-8,10H2,1H3.